The molecule has 7 nitrogen and oxygen atoms in total. The summed E-state index contributed by atoms with van der Waals surface area (Å²) in [5.41, 5.74) is -0.214. The van der Waals surface area contributed by atoms with Gasteiger partial charge in [-0.25, -0.2) is 13.2 Å². The molecule has 6 rings (SSSR count). The Bertz CT molecular complexity index is 1700. The second-order valence-corrected chi connectivity index (χ2v) is 12.9. The minimum Gasteiger partial charge on any atom is -0.476 e. The molecule has 0 saturated carbocycles. The van der Waals surface area contributed by atoms with Crippen molar-refractivity contribution in [2.24, 2.45) is 0 Å². The second-order valence-electron chi connectivity index (χ2n) is 12.5. The van der Waals surface area contributed by atoms with E-state index in [1.54, 1.807) is 31.2 Å². The number of nitrogens with zero attached hydrogens (tertiary/aromatic N) is 2. The van der Waals surface area contributed by atoms with Crippen molar-refractivity contribution in [3.63, 3.8) is 0 Å². The predicted octanol–water partition coefficient (Wildman–Crippen LogP) is 6.96. The lowest BCUT2D eigenvalue weighted by molar-refractivity contribution is -0.151. The normalized spacial score (nSPS) is 22.8. The number of ether oxygens (including phenoxy) is 1. The van der Waals surface area contributed by atoms with E-state index in [0.29, 0.717) is 22.4 Å². The quantitative estimate of drug-likeness (QED) is 0.327. The van der Waals surface area contributed by atoms with Gasteiger partial charge >= 0.3 is 0 Å². The van der Waals surface area contributed by atoms with Gasteiger partial charge in [0.15, 0.2) is 5.60 Å². The number of rotatable bonds is 5. The molecule has 236 valence electrons. The number of hydrogen-bond acceptors (Lipinski definition) is 4. The van der Waals surface area contributed by atoms with E-state index >= 15 is 0 Å². The van der Waals surface area contributed by atoms with Crippen molar-refractivity contribution in [3.8, 4) is 5.75 Å². The topological polar surface area (TPSA) is 79.0 Å². The lowest BCUT2D eigenvalue weighted by atomic mass is 9.66. The number of benzene rings is 3. The SMILES string of the molecule is Cc1ccc(F)cc1C1N(c2cc(Cl)ccc2OC(C)(C)C(=O)N2CCC(F)(F)CC2)C(=O)CCC12C(=O)Nc1ccccc12. The largest absolute Gasteiger partial charge is 0.476 e. The lowest BCUT2D eigenvalue weighted by Crippen LogP contribution is -2.55. The van der Waals surface area contributed by atoms with Crippen molar-refractivity contribution in [1.82, 2.24) is 4.90 Å². The van der Waals surface area contributed by atoms with Gasteiger partial charge in [-0.15, -0.1) is 0 Å². The van der Waals surface area contributed by atoms with Crippen molar-refractivity contribution < 1.29 is 32.3 Å². The molecule has 2 fully saturated rings. The number of fused-ring (bicyclic) bond motifs is 2. The van der Waals surface area contributed by atoms with Crippen LogP contribution >= 0.6 is 11.6 Å². The molecule has 45 heavy (non-hydrogen) atoms. The van der Waals surface area contributed by atoms with Crippen LogP contribution in [0.1, 0.15) is 62.3 Å². The minimum atomic E-state index is -2.83. The second kappa shape index (κ2) is 11.1. The third-order valence-electron chi connectivity index (χ3n) is 9.17. The number of anilines is 2. The fourth-order valence-electron chi connectivity index (χ4n) is 6.87. The number of carbonyl (C=O) groups is 3. The molecule has 2 unspecified atom stereocenters. The molecule has 0 radical (unpaired) electrons. The Kier molecular flexibility index (Phi) is 7.62. The van der Waals surface area contributed by atoms with Crippen LogP contribution < -0.4 is 15.0 Å². The third kappa shape index (κ3) is 5.32. The van der Waals surface area contributed by atoms with E-state index in [9.17, 15) is 27.6 Å². The van der Waals surface area contributed by atoms with Crippen molar-refractivity contribution in [3.05, 3.63) is 88.2 Å². The van der Waals surface area contributed by atoms with Crippen molar-refractivity contribution in [2.75, 3.05) is 23.3 Å². The number of likely N-dealkylation sites (tertiary alicyclic amines) is 1. The maximum Gasteiger partial charge on any atom is 0.266 e. The number of hydrogen-bond donors (Lipinski definition) is 1. The van der Waals surface area contributed by atoms with Gasteiger partial charge in [0.2, 0.25) is 11.8 Å². The molecule has 2 atom stereocenters. The van der Waals surface area contributed by atoms with E-state index < -0.39 is 47.5 Å². The van der Waals surface area contributed by atoms with Crippen molar-refractivity contribution >= 4 is 40.7 Å². The molecule has 3 aromatic rings. The molecule has 1 N–H and O–H groups in total. The van der Waals surface area contributed by atoms with E-state index in [4.69, 9.17) is 16.3 Å². The summed E-state index contributed by atoms with van der Waals surface area (Å²) in [5, 5.41) is 3.23. The van der Waals surface area contributed by atoms with Gasteiger partial charge in [-0.1, -0.05) is 35.9 Å². The number of nitrogens with one attached hydrogen (secondary N) is 1. The van der Waals surface area contributed by atoms with Crippen LogP contribution in [-0.2, 0) is 19.8 Å². The first-order valence-electron chi connectivity index (χ1n) is 14.9. The standard InChI is InChI=1S/C34H33ClF3N3O4/c1-20-8-10-22(36)19-23(20)29-34(24-6-4-5-7-25(24)39-30(34)43)13-12-28(42)41(29)26-18-21(35)9-11-27(26)45-32(2,3)31(44)40-16-14-33(37,38)15-17-40/h4-11,18-19,29H,12-17H2,1-3H3,(H,39,43). The highest BCUT2D eigenvalue weighted by Gasteiger charge is 2.59. The van der Waals surface area contributed by atoms with Crippen LogP contribution in [0.15, 0.2) is 60.7 Å². The molecule has 3 aliphatic heterocycles. The van der Waals surface area contributed by atoms with Gasteiger partial charge in [-0.05, 0) is 80.3 Å². The summed E-state index contributed by atoms with van der Waals surface area (Å²) in [6.45, 7) is 4.63. The molecular formula is C34H33ClF3N3O4. The average molecular weight is 640 g/mol. The van der Waals surface area contributed by atoms with Crippen molar-refractivity contribution in [2.45, 2.75) is 69.4 Å². The van der Waals surface area contributed by atoms with Crippen LogP contribution in [0.25, 0.3) is 0 Å². The number of alkyl halides is 2. The monoisotopic (exact) mass is 639 g/mol. The summed E-state index contributed by atoms with van der Waals surface area (Å²) in [5.74, 6) is -4.39. The molecule has 11 heteroatoms. The van der Waals surface area contributed by atoms with Crippen LogP contribution in [0.2, 0.25) is 5.02 Å². The number of halogens is 4. The Labute approximate surface area is 264 Å². The molecule has 3 aliphatic rings. The zero-order valence-corrected chi connectivity index (χ0v) is 25.9. The summed E-state index contributed by atoms with van der Waals surface area (Å²) in [6, 6.07) is 15.1. The van der Waals surface area contributed by atoms with Crippen LogP contribution in [0.4, 0.5) is 24.5 Å². The first-order chi connectivity index (χ1) is 21.2. The van der Waals surface area contributed by atoms with Gasteiger partial charge in [0, 0.05) is 43.1 Å². The molecule has 0 aromatic heterocycles. The third-order valence-corrected chi connectivity index (χ3v) is 9.40. The van der Waals surface area contributed by atoms with Crippen LogP contribution in [-0.4, -0.2) is 47.2 Å². The molecule has 0 aliphatic carbocycles. The highest BCUT2D eigenvalue weighted by Crippen LogP contribution is 2.56. The molecule has 3 aromatic carbocycles. The summed E-state index contributed by atoms with van der Waals surface area (Å²) in [6.07, 6.45) is -0.720. The van der Waals surface area contributed by atoms with Gasteiger partial charge in [0.05, 0.1) is 11.7 Å². The molecular weight excluding hydrogens is 607 g/mol. The fraction of sp³-hybridized carbons (Fsp3) is 0.382. The number of carbonyl (C=O) groups excluding carboxylic acids is 3. The van der Waals surface area contributed by atoms with Gasteiger partial charge in [-0.3, -0.25) is 19.3 Å². The first-order valence-corrected chi connectivity index (χ1v) is 15.3. The Morgan fingerprint density at radius 2 is 1.73 bits per heavy atom. The highest BCUT2D eigenvalue weighted by atomic mass is 35.5. The molecule has 3 amide bonds. The number of para-hydroxylation sites is 1. The number of piperidine rings is 2. The predicted molar refractivity (Wildman–Crippen MR) is 164 cm³/mol. The molecule has 3 heterocycles. The maximum absolute atomic E-state index is 14.9. The van der Waals surface area contributed by atoms with Crippen LogP contribution in [0.5, 0.6) is 5.75 Å². The number of amides is 3. The Hall–Kier alpha value is -4.05. The van der Waals surface area contributed by atoms with Gasteiger partial charge < -0.3 is 15.0 Å². The summed E-state index contributed by atoms with van der Waals surface area (Å²) < 4.78 is 48.9. The smallest absolute Gasteiger partial charge is 0.266 e. The van der Waals surface area contributed by atoms with Gasteiger partial charge in [-0.2, -0.15) is 0 Å². The van der Waals surface area contributed by atoms with E-state index in [1.807, 2.05) is 12.1 Å². The Balaban J connectivity index is 1.48. The Morgan fingerprint density at radius 1 is 1.02 bits per heavy atom. The number of aryl methyl sites for hydroxylation is 1. The van der Waals surface area contributed by atoms with Crippen molar-refractivity contribution in [1.29, 1.82) is 0 Å². The van der Waals surface area contributed by atoms with Crippen LogP contribution in [0, 0.1) is 12.7 Å². The van der Waals surface area contributed by atoms with Crippen LogP contribution in [0.3, 0.4) is 0 Å². The minimum absolute atomic E-state index is 0.0110. The summed E-state index contributed by atoms with van der Waals surface area (Å²) in [7, 11) is 0. The molecule has 1 spiro atoms. The van der Waals surface area contributed by atoms with E-state index in [2.05, 4.69) is 5.32 Å². The van der Waals surface area contributed by atoms with Gasteiger partial charge in [0.25, 0.3) is 11.8 Å². The lowest BCUT2D eigenvalue weighted by Gasteiger charge is -2.48. The summed E-state index contributed by atoms with van der Waals surface area (Å²) >= 11 is 6.50. The van der Waals surface area contributed by atoms with E-state index in [0.717, 1.165) is 0 Å². The van der Waals surface area contributed by atoms with E-state index in [-0.39, 0.29) is 54.2 Å². The fourth-order valence-corrected chi connectivity index (χ4v) is 7.03. The zero-order valence-electron chi connectivity index (χ0n) is 25.1. The molecule has 2 saturated heterocycles. The molecule has 0 bridgehead atoms. The summed E-state index contributed by atoms with van der Waals surface area (Å²) in [4.78, 5) is 44.5. The van der Waals surface area contributed by atoms with Gasteiger partial charge in [0.1, 0.15) is 17.0 Å². The highest BCUT2D eigenvalue weighted by molar-refractivity contribution is 6.31. The zero-order chi connectivity index (χ0) is 32.3. The Morgan fingerprint density at radius 3 is 2.47 bits per heavy atom. The average Bonchev–Trinajstić information content (AvgIpc) is 3.27. The van der Waals surface area contributed by atoms with E-state index in [1.165, 1.54) is 47.9 Å². The maximum atomic E-state index is 14.9. The first kappa shape index (κ1) is 31.0.